The molecule has 1 heterocycles. The molecule has 1 amide bonds. The van der Waals surface area contributed by atoms with Gasteiger partial charge >= 0.3 is 0 Å². The topological polar surface area (TPSA) is 32.3 Å². The molecular weight excluding hydrogens is 236 g/mol. The fourth-order valence-corrected chi connectivity index (χ4v) is 2.30. The Bertz CT molecular complexity index is 415. The summed E-state index contributed by atoms with van der Waals surface area (Å²) in [4.78, 5) is 13.6. The minimum absolute atomic E-state index is 0.256. The van der Waals surface area contributed by atoms with Crippen molar-refractivity contribution < 1.29 is 4.79 Å². The lowest BCUT2D eigenvalue weighted by atomic mass is 9.99. The molecule has 1 aromatic rings. The molecule has 1 aliphatic rings. The van der Waals surface area contributed by atoms with Crippen LogP contribution in [0, 0.1) is 0 Å². The first-order chi connectivity index (χ1) is 9.24. The molecule has 3 heteroatoms. The van der Waals surface area contributed by atoms with Crippen molar-refractivity contribution >= 4 is 11.6 Å². The van der Waals surface area contributed by atoms with E-state index in [1.54, 1.807) is 0 Å². The maximum Gasteiger partial charge on any atom is 0.222 e. The summed E-state index contributed by atoms with van der Waals surface area (Å²) < 4.78 is 0. The minimum Gasteiger partial charge on any atom is -0.385 e. The highest BCUT2D eigenvalue weighted by Crippen LogP contribution is 2.22. The molecule has 0 aromatic heterocycles. The van der Waals surface area contributed by atoms with Gasteiger partial charge in [0.15, 0.2) is 0 Å². The SMILES string of the molecule is CC.CCNc1ccc2c(c1)CCN(C(=O)CC)C2. The number of fused-ring (bicyclic) bond motifs is 1. The van der Waals surface area contributed by atoms with Gasteiger partial charge in [0.25, 0.3) is 0 Å². The summed E-state index contributed by atoms with van der Waals surface area (Å²) in [7, 11) is 0. The van der Waals surface area contributed by atoms with Crippen LogP contribution in [0.3, 0.4) is 0 Å². The van der Waals surface area contributed by atoms with Gasteiger partial charge in [-0.05, 0) is 36.6 Å². The molecule has 0 radical (unpaired) electrons. The maximum atomic E-state index is 11.7. The van der Waals surface area contributed by atoms with Crippen molar-refractivity contribution in [1.82, 2.24) is 4.90 Å². The normalized spacial score (nSPS) is 13.2. The molecule has 1 aliphatic heterocycles. The second-order valence-electron chi connectivity index (χ2n) is 4.43. The second kappa shape index (κ2) is 7.82. The molecule has 0 saturated carbocycles. The summed E-state index contributed by atoms with van der Waals surface area (Å²) >= 11 is 0. The molecule has 0 bridgehead atoms. The van der Waals surface area contributed by atoms with E-state index in [1.165, 1.54) is 16.8 Å². The van der Waals surface area contributed by atoms with Gasteiger partial charge in [0.05, 0.1) is 0 Å². The van der Waals surface area contributed by atoms with Crippen molar-refractivity contribution in [2.45, 2.75) is 47.1 Å². The highest BCUT2D eigenvalue weighted by molar-refractivity contribution is 5.76. The van der Waals surface area contributed by atoms with Gasteiger partial charge in [-0.1, -0.05) is 26.8 Å². The number of carbonyl (C=O) groups excluding carboxylic acids is 1. The fourth-order valence-electron chi connectivity index (χ4n) is 2.30. The van der Waals surface area contributed by atoms with Crippen LogP contribution < -0.4 is 5.32 Å². The third-order valence-corrected chi connectivity index (χ3v) is 3.25. The molecule has 106 valence electrons. The largest absolute Gasteiger partial charge is 0.385 e. The van der Waals surface area contributed by atoms with Gasteiger partial charge < -0.3 is 10.2 Å². The Kier molecular flexibility index (Phi) is 6.40. The molecule has 0 spiro atoms. The van der Waals surface area contributed by atoms with Crippen LogP contribution in [0.4, 0.5) is 5.69 Å². The Labute approximate surface area is 117 Å². The van der Waals surface area contributed by atoms with Crippen molar-refractivity contribution in [1.29, 1.82) is 0 Å². The molecule has 19 heavy (non-hydrogen) atoms. The van der Waals surface area contributed by atoms with E-state index in [4.69, 9.17) is 0 Å². The zero-order chi connectivity index (χ0) is 14.3. The highest BCUT2D eigenvalue weighted by Gasteiger charge is 2.19. The van der Waals surface area contributed by atoms with Crippen molar-refractivity contribution in [2.24, 2.45) is 0 Å². The van der Waals surface area contributed by atoms with E-state index in [0.29, 0.717) is 6.42 Å². The Morgan fingerprint density at radius 1 is 1.26 bits per heavy atom. The molecule has 1 N–H and O–H groups in total. The number of benzene rings is 1. The average molecular weight is 262 g/mol. The summed E-state index contributed by atoms with van der Waals surface area (Å²) in [5.41, 5.74) is 3.85. The Morgan fingerprint density at radius 2 is 2.00 bits per heavy atom. The molecule has 1 aromatic carbocycles. The Morgan fingerprint density at radius 3 is 2.63 bits per heavy atom. The summed E-state index contributed by atoms with van der Waals surface area (Å²) in [6.45, 7) is 10.6. The third-order valence-electron chi connectivity index (χ3n) is 3.25. The van der Waals surface area contributed by atoms with E-state index >= 15 is 0 Å². The number of hydrogen-bond donors (Lipinski definition) is 1. The molecule has 2 rings (SSSR count). The van der Waals surface area contributed by atoms with Crippen molar-refractivity contribution in [2.75, 3.05) is 18.4 Å². The molecule has 0 atom stereocenters. The van der Waals surface area contributed by atoms with Crippen molar-refractivity contribution in [3.05, 3.63) is 29.3 Å². The fraction of sp³-hybridized carbons (Fsp3) is 0.562. The maximum absolute atomic E-state index is 11.7. The van der Waals surface area contributed by atoms with Gasteiger partial charge in [0.2, 0.25) is 5.91 Å². The number of amides is 1. The number of rotatable bonds is 3. The Balaban J connectivity index is 0.000000861. The number of anilines is 1. The zero-order valence-electron chi connectivity index (χ0n) is 12.6. The lowest BCUT2D eigenvalue weighted by Crippen LogP contribution is -2.35. The first kappa shape index (κ1) is 15.5. The van der Waals surface area contributed by atoms with Crippen molar-refractivity contribution in [3.63, 3.8) is 0 Å². The smallest absolute Gasteiger partial charge is 0.222 e. The Hall–Kier alpha value is -1.51. The predicted octanol–water partition coefficient (Wildman–Crippen LogP) is 3.44. The van der Waals surface area contributed by atoms with E-state index < -0.39 is 0 Å². The van der Waals surface area contributed by atoms with E-state index in [2.05, 4.69) is 30.4 Å². The monoisotopic (exact) mass is 262 g/mol. The van der Waals surface area contributed by atoms with Gasteiger partial charge in [0.1, 0.15) is 0 Å². The minimum atomic E-state index is 0.256. The summed E-state index contributed by atoms with van der Waals surface area (Å²) in [5, 5.41) is 3.32. The molecule has 3 nitrogen and oxygen atoms in total. The highest BCUT2D eigenvalue weighted by atomic mass is 16.2. The van der Waals surface area contributed by atoms with E-state index in [0.717, 1.165) is 26.1 Å². The molecular formula is C16H26N2O. The van der Waals surface area contributed by atoms with Crippen LogP contribution in [0.2, 0.25) is 0 Å². The standard InChI is InChI=1S/C14H20N2O.C2H6/c1-3-14(17)16-8-7-11-9-13(15-4-2)6-5-12(11)10-16;1-2/h5-6,9,15H,3-4,7-8,10H2,1-2H3;1-2H3. The van der Waals surface area contributed by atoms with Gasteiger partial charge in [-0.2, -0.15) is 0 Å². The predicted molar refractivity (Wildman–Crippen MR) is 81.4 cm³/mol. The van der Waals surface area contributed by atoms with Crippen LogP contribution in [-0.2, 0) is 17.8 Å². The molecule has 0 saturated heterocycles. The van der Waals surface area contributed by atoms with Crippen molar-refractivity contribution in [3.8, 4) is 0 Å². The van der Waals surface area contributed by atoms with Crippen LogP contribution in [0.25, 0.3) is 0 Å². The number of hydrogen-bond acceptors (Lipinski definition) is 2. The summed E-state index contributed by atoms with van der Waals surface area (Å²) in [6.07, 6.45) is 1.57. The van der Waals surface area contributed by atoms with Crippen LogP contribution in [0.15, 0.2) is 18.2 Å². The summed E-state index contributed by atoms with van der Waals surface area (Å²) in [5.74, 6) is 0.256. The van der Waals surface area contributed by atoms with Gasteiger partial charge in [-0.25, -0.2) is 0 Å². The average Bonchev–Trinajstić information content (AvgIpc) is 2.48. The first-order valence-electron chi connectivity index (χ1n) is 7.38. The second-order valence-corrected chi connectivity index (χ2v) is 4.43. The molecule has 0 aliphatic carbocycles. The summed E-state index contributed by atoms with van der Waals surface area (Å²) in [6, 6.07) is 6.46. The molecule has 0 unspecified atom stereocenters. The van der Waals surface area contributed by atoms with Crippen LogP contribution >= 0.6 is 0 Å². The lowest BCUT2D eigenvalue weighted by Gasteiger charge is -2.29. The van der Waals surface area contributed by atoms with Gasteiger partial charge in [0, 0.05) is 31.7 Å². The number of nitrogens with zero attached hydrogens (tertiary/aromatic N) is 1. The van der Waals surface area contributed by atoms with E-state index in [1.807, 2.05) is 25.7 Å². The molecule has 0 fully saturated rings. The zero-order valence-corrected chi connectivity index (χ0v) is 12.6. The van der Waals surface area contributed by atoms with Crippen LogP contribution in [0.1, 0.15) is 45.2 Å². The quantitative estimate of drug-likeness (QED) is 0.905. The van der Waals surface area contributed by atoms with E-state index in [-0.39, 0.29) is 5.91 Å². The van der Waals surface area contributed by atoms with Gasteiger partial charge in [-0.3, -0.25) is 4.79 Å². The van der Waals surface area contributed by atoms with E-state index in [9.17, 15) is 4.79 Å². The number of carbonyl (C=O) groups is 1. The third kappa shape index (κ3) is 3.98. The first-order valence-corrected chi connectivity index (χ1v) is 7.38. The number of nitrogens with one attached hydrogen (secondary N) is 1. The van der Waals surface area contributed by atoms with Crippen LogP contribution in [0.5, 0.6) is 0 Å². The lowest BCUT2D eigenvalue weighted by molar-refractivity contribution is -0.131. The van der Waals surface area contributed by atoms with Gasteiger partial charge in [-0.15, -0.1) is 0 Å². The van der Waals surface area contributed by atoms with Crippen LogP contribution in [-0.4, -0.2) is 23.9 Å².